The quantitative estimate of drug-likeness (QED) is 0.484. The summed E-state index contributed by atoms with van der Waals surface area (Å²) in [5.74, 6) is 0.160. The van der Waals surface area contributed by atoms with E-state index in [1.807, 2.05) is 0 Å². The molecule has 1 aliphatic heterocycles. The highest BCUT2D eigenvalue weighted by Crippen LogP contribution is 2.12. The molecule has 1 saturated heterocycles. The molecular formula is C7H11NO2. The van der Waals surface area contributed by atoms with Crippen molar-refractivity contribution in [2.24, 2.45) is 5.92 Å². The number of aldehydes is 1. The zero-order valence-electron chi connectivity index (χ0n) is 6.04. The monoisotopic (exact) mass is 141 g/mol. The molecule has 56 valence electrons. The van der Waals surface area contributed by atoms with Gasteiger partial charge in [-0.15, -0.1) is 0 Å². The van der Waals surface area contributed by atoms with Gasteiger partial charge in [0.2, 0.25) is 5.91 Å². The van der Waals surface area contributed by atoms with Gasteiger partial charge in [-0.05, 0) is 6.42 Å². The Kier molecular flexibility index (Phi) is 2.04. The van der Waals surface area contributed by atoms with Crippen LogP contribution < -0.4 is 0 Å². The Labute approximate surface area is 60.0 Å². The van der Waals surface area contributed by atoms with Crippen molar-refractivity contribution in [1.29, 1.82) is 0 Å². The van der Waals surface area contributed by atoms with Gasteiger partial charge in [-0.3, -0.25) is 4.79 Å². The molecule has 1 fully saturated rings. The minimum atomic E-state index is 0.0735. The molecule has 0 saturated carbocycles. The van der Waals surface area contributed by atoms with Crippen LogP contribution >= 0.6 is 0 Å². The highest BCUT2D eigenvalue weighted by Gasteiger charge is 2.22. The van der Waals surface area contributed by atoms with Crippen LogP contribution in [-0.2, 0) is 9.59 Å². The maximum absolute atomic E-state index is 10.7. The van der Waals surface area contributed by atoms with Gasteiger partial charge in [0.1, 0.15) is 6.29 Å². The summed E-state index contributed by atoms with van der Waals surface area (Å²) in [6.07, 6.45) is 1.77. The molecule has 0 aliphatic carbocycles. The summed E-state index contributed by atoms with van der Waals surface area (Å²) in [4.78, 5) is 22.7. The van der Waals surface area contributed by atoms with Gasteiger partial charge in [0.05, 0.1) is 0 Å². The van der Waals surface area contributed by atoms with Crippen LogP contribution in [-0.4, -0.2) is 30.2 Å². The second-order valence-corrected chi connectivity index (χ2v) is 2.65. The topological polar surface area (TPSA) is 37.4 Å². The van der Waals surface area contributed by atoms with Crippen LogP contribution in [0.4, 0.5) is 0 Å². The Morgan fingerprint density at radius 3 is 2.70 bits per heavy atom. The van der Waals surface area contributed by atoms with Crippen LogP contribution in [0.15, 0.2) is 0 Å². The zero-order chi connectivity index (χ0) is 7.56. The minimum absolute atomic E-state index is 0.0735. The smallest absolute Gasteiger partial charge is 0.219 e. The first-order chi connectivity index (χ1) is 4.74. The third-order valence-corrected chi connectivity index (χ3v) is 1.86. The molecule has 1 rings (SSSR count). The number of nitrogens with zero attached hydrogens (tertiary/aromatic N) is 1. The third-order valence-electron chi connectivity index (χ3n) is 1.86. The van der Waals surface area contributed by atoms with Gasteiger partial charge in [-0.1, -0.05) is 0 Å². The third kappa shape index (κ3) is 1.35. The summed E-state index contributed by atoms with van der Waals surface area (Å²) in [5.41, 5.74) is 0. The molecule has 0 bridgehead atoms. The highest BCUT2D eigenvalue weighted by molar-refractivity contribution is 5.74. The van der Waals surface area contributed by atoms with Crippen LogP contribution in [0.3, 0.4) is 0 Å². The van der Waals surface area contributed by atoms with E-state index in [9.17, 15) is 9.59 Å². The van der Waals surface area contributed by atoms with E-state index in [1.54, 1.807) is 4.90 Å². The van der Waals surface area contributed by atoms with Gasteiger partial charge >= 0.3 is 0 Å². The standard InChI is InChI=1S/C7H11NO2/c1-6(10)8-3-2-7(4-8)5-9/h5,7H,2-4H2,1H3/t7-/m0/s1. The van der Waals surface area contributed by atoms with E-state index in [4.69, 9.17) is 0 Å². The highest BCUT2D eigenvalue weighted by atomic mass is 16.2. The second-order valence-electron chi connectivity index (χ2n) is 2.65. The van der Waals surface area contributed by atoms with E-state index in [0.717, 1.165) is 19.3 Å². The maximum atomic E-state index is 10.7. The molecule has 10 heavy (non-hydrogen) atoms. The number of hydrogen-bond acceptors (Lipinski definition) is 2. The van der Waals surface area contributed by atoms with Gasteiger partial charge in [-0.25, -0.2) is 0 Å². The molecule has 1 atom stereocenters. The first kappa shape index (κ1) is 7.25. The number of likely N-dealkylation sites (tertiary alicyclic amines) is 1. The fourth-order valence-corrected chi connectivity index (χ4v) is 1.18. The largest absolute Gasteiger partial charge is 0.342 e. The maximum Gasteiger partial charge on any atom is 0.219 e. The van der Waals surface area contributed by atoms with Crippen molar-refractivity contribution in [1.82, 2.24) is 4.90 Å². The molecule has 0 unspecified atom stereocenters. The van der Waals surface area contributed by atoms with Gasteiger partial charge in [0, 0.05) is 25.9 Å². The van der Waals surface area contributed by atoms with E-state index >= 15 is 0 Å². The SMILES string of the molecule is CC(=O)N1CC[C@H](C=O)C1. The normalized spacial score (nSPS) is 24.9. The van der Waals surface area contributed by atoms with E-state index < -0.39 is 0 Å². The lowest BCUT2D eigenvalue weighted by Crippen LogP contribution is -2.25. The van der Waals surface area contributed by atoms with Crippen molar-refractivity contribution in [2.45, 2.75) is 13.3 Å². The lowest BCUT2D eigenvalue weighted by atomic mass is 10.1. The van der Waals surface area contributed by atoms with Crippen molar-refractivity contribution in [3.63, 3.8) is 0 Å². The summed E-state index contributed by atoms with van der Waals surface area (Å²) in [6.45, 7) is 2.91. The van der Waals surface area contributed by atoms with Crippen LogP contribution in [0, 0.1) is 5.92 Å². The zero-order valence-corrected chi connectivity index (χ0v) is 6.04. The van der Waals surface area contributed by atoms with E-state index in [1.165, 1.54) is 6.92 Å². The molecule has 1 aliphatic rings. The predicted octanol–water partition coefficient (Wildman–Crippen LogP) is 0.0537. The predicted molar refractivity (Wildman–Crippen MR) is 36.4 cm³/mol. The van der Waals surface area contributed by atoms with Crippen molar-refractivity contribution in [3.8, 4) is 0 Å². The lowest BCUT2D eigenvalue weighted by molar-refractivity contribution is -0.127. The molecule has 3 heteroatoms. The minimum Gasteiger partial charge on any atom is -0.342 e. The molecule has 0 aromatic rings. The Morgan fingerprint density at radius 1 is 1.70 bits per heavy atom. The van der Waals surface area contributed by atoms with Crippen LogP contribution in [0.2, 0.25) is 0 Å². The second kappa shape index (κ2) is 2.82. The Morgan fingerprint density at radius 2 is 2.40 bits per heavy atom. The van der Waals surface area contributed by atoms with Crippen molar-refractivity contribution in [3.05, 3.63) is 0 Å². The summed E-state index contributed by atoms with van der Waals surface area (Å²) in [5, 5.41) is 0. The molecule has 0 aromatic heterocycles. The van der Waals surface area contributed by atoms with E-state index in [2.05, 4.69) is 0 Å². The molecule has 1 heterocycles. The molecule has 3 nitrogen and oxygen atoms in total. The van der Waals surface area contributed by atoms with Crippen molar-refractivity contribution < 1.29 is 9.59 Å². The molecule has 1 amide bonds. The van der Waals surface area contributed by atoms with Crippen molar-refractivity contribution >= 4 is 12.2 Å². The molecule has 0 radical (unpaired) electrons. The first-order valence-corrected chi connectivity index (χ1v) is 3.45. The number of amides is 1. The fraction of sp³-hybridized carbons (Fsp3) is 0.714. The molecule has 0 aromatic carbocycles. The van der Waals surface area contributed by atoms with Gasteiger partial charge < -0.3 is 9.69 Å². The Hall–Kier alpha value is -0.860. The molecule has 0 N–H and O–H groups in total. The van der Waals surface area contributed by atoms with Gasteiger partial charge in [0.25, 0.3) is 0 Å². The van der Waals surface area contributed by atoms with Gasteiger partial charge in [0.15, 0.2) is 0 Å². The Bertz CT molecular complexity index is 156. The number of rotatable bonds is 1. The first-order valence-electron chi connectivity index (χ1n) is 3.45. The number of hydrogen-bond donors (Lipinski definition) is 0. The van der Waals surface area contributed by atoms with Crippen LogP contribution in [0.1, 0.15) is 13.3 Å². The summed E-state index contributed by atoms with van der Waals surface area (Å²) in [6, 6.07) is 0. The van der Waals surface area contributed by atoms with Crippen molar-refractivity contribution in [2.75, 3.05) is 13.1 Å². The fourth-order valence-electron chi connectivity index (χ4n) is 1.18. The van der Waals surface area contributed by atoms with E-state index in [0.29, 0.717) is 6.54 Å². The van der Waals surface area contributed by atoms with Crippen LogP contribution in [0.25, 0.3) is 0 Å². The number of carbonyl (C=O) groups excluding carboxylic acids is 2. The summed E-state index contributed by atoms with van der Waals surface area (Å²) < 4.78 is 0. The molecule has 0 spiro atoms. The average Bonchev–Trinajstić information content (AvgIpc) is 2.34. The summed E-state index contributed by atoms with van der Waals surface area (Å²) >= 11 is 0. The lowest BCUT2D eigenvalue weighted by Gasteiger charge is -2.11. The van der Waals surface area contributed by atoms with Gasteiger partial charge in [-0.2, -0.15) is 0 Å². The Balaban J connectivity index is 2.42. The van der Waals surface area contributed by atoms with Crippen LogP contribution in [0.5, 0.6) is 0 Å². The molecular weight excluding hydrogens is 130 g/mol. The van der Waals surface area contributed by atoms with E-state index in [-0.39, 0.29) is 11.8 Å². The average molecular weight is 141 g/mol. The number of carbonyl (C=O) groups is 2. The summed E-state index contributed by atoms with van der Waals surface area (Å²) in [7, 11) is 0.